The van der Waals surface area contributed by atoms with Gasteiger partial charge in [0.1, 0.15) is 5.82 Å². The second-order valence-electron chi connectivity index (χ2n) is 3.41. The van der Waals surface area contributed by atoms with Crippen LogP contribution in [0.5, 0.6) is 0 Å². The number of aromatic nitrogens is 3. The third kappa shape index (κ3) is 3.57. The minimum atomic E-state index is 0.983. The molecule has 0 spiro atoms. The maximum atomic E-state index is 4.41. The highest BCUT2D eigenvalue weighted by Gasteiger charge is 2.00. The molecule has 3 nitrogen and oxygen atoms in total. The quantitative estimate of drug-likeness (QED) is 0.685. The third-order valence-corrected chi connectivity index (χ3v) is 2.07. The van der Waals surface area contributed by atoms with E-state index in [-0.39, 0.29) is 0 Å². The molecule has 1 aromatic rings. The van der Waals surface area contributed by atoms with Crippen LogP contribution in [0.25, 0.3) is 0 Å². The van der Waals surface area contributed by atoms with Gasteiger partial charge in [-0.2, -0.15) is 5.10 Å². The van der Waals surface area contributed by atoms with Crippen molar-refractivity contribution in [3.63, 3.8) is 0 Å². The van der Waals surface area contributed by atoms with Gasteiger partial charge in [0.25, 0.3) is 0 Å². The molecular weight excluding hydrogens is 162 g/mol. The molecule has 0 unspecified atom stereocenters. The van der Waals surface area contributed by atoms with Crippen LogP contribution in [0.4, 0.5) is 0 Å². The first-order valence-electron chi connectivity index (χ1n) is 5.27. The van der Waals surface area contributed by atoms with E-state index in [4.69, 9.17) is 0 Å². The minimum Gasteiger partial charge on any atom is -0.263 e. The van der Waals surface area contributed by atoms with Crippen LogP contribution in [-0.2, 0) is 12.8 Å². The Kier molecular flexibility index (Phi) is 4.50. The molecule has 0 amide bonds. The molecule has 0 radical (unpaired) electrons. The zero-order valence-electron chi connectivity index (χ0n) is 8.64. The molecule has 0 atom stereocenters. The van der Waals surface area contributed by atoms with Crippen molar-refractivity contribution in [3.8, 4) is 0 Å². The van der Waals surface area contributed by atoms with E-state index in [2.05, 4.69) is 29.0 Å². The predicted molar refractivity (Wildman–Crippen MR) is 53.6 cm³/mol. The van der Waals surface area contributed by atoms with E-state index < -0.39 is 0 Å². The van der Waals surface area contributed by atoms with Crippen LogP contribution in [0, 0.1) is 0 Å². The molecule has 74 valence electrons. The maximum Gasteiger partial charge on any atom is 0.150 e. The predicted octanol–water partition coefficient (Wildman–Crippen LogP) is 2.49. The fraction of sp³-hybridized carbons (Fsp3) is 0.800. The lowest BCUT2D eigenvalue weighted by Gasteiger charge is -1.92. The zero-order chi connectivity index (χ0) is 9.52. The monoisotopic (exact) mass is 181 g/mol. The summed E-state index contributed by atoms with van der Waals surface area (Å²) in [5, 5.41) is 7.14. The molecule has 0 saturated heterocycles. The van der Waals surface area contributed by atoms with Gasteiger partial charge in [-0.3, -0.25) is 5.10 Å². The van der Waals surface area contributed by atoms with Gasteiger partial charge >= 0.3 is 0 Å². The van der Waals surface area contributed by atoms with Crippen LogP contribution >= 0.6 is 0 Å². The molecule has 0 aromatic carbocycles. The summed E-state index contributed by atoms with van der Waals surface area (Å²) in [6.07, 6.45) is 6.90. The van der Waals surface area contributed by atoms with Gasteiger partial charge < -0.3 is 0 Å². The van der Waals surface area contributed by atoms with E-state index in [0.717, 1.165) is 30.9 Å². The maximum absolute atomic E-state index is 4.41. The second kappa shape index (κ2) is 5.73. The highest BCUT2D eigenvalue weighted by Crippen LogP contribution is 2.02. The van der Waals surface area contributed by atoms with Crippen LogP contribution in [0.1, 0.15) is 51.2 Å². The highest BCUT2D eigenvalue weighted by atomic mass is 15.2. The number of unbranched alkanes of at least 4 members (excludes halogenated alkanes) is 2. The summed E-state index contributed by atoms with van der Waals surface area (Å²) in [6.45, 7) is 4.36. The zero-order valence-corrected chi connectivity index (χ0v) is 8.64. The van der Waals surface area contributed by atoms with E-state index in [9.17, 15) is 0 Å². The third-order valence-electron chi connectivity index (χ3n) is 2.07. The van der Waals surface area contributed by atoms with E-state index in [0.29, 0.717) is 0 Å². The average Bonchev–Trinajstić information content (AvgIpc) is 2.54. The molecule has 3 heteroatoms. The van der Waals surface area contributed by atoms with Gasteiger partial charge in [0.2, 0.25) is 0 Å². The molecule has 1 aromatic heterocycles. The molecule has 0 aliphatic carbocycles. The molecule has 0 saturated carbocycles. The van der Waals surface area contributed by atoms with Gasteiger partial charge in [-0.05, 0) is 12.8 Å². The summed E-state index contributed by atoms with van der Waals surface area (Å²) < 4.78 is 0. The molecule has 0 aliphatic rings. The van der Waals surface area contributed by atoms with E-state index >= 15 is 0 Å². The van der Waals surface area contributed by atoms with Crippen LogP contribution < -0.4 is 0 Å². The minimum absolute atomic E-state index is 0.983. The second-order valence-corrected chi connectivity index (χ2v) is 3.41. The number of nitrogens with one attached hydrogen (secondary N) is 1. The van der Waals surface area contributed by atoms with Crippen molar-refractivity contribution < 1.29 is 0 Å². The average molecular weight is 181 g/mol. The van der Waals surface area contributed by atoms with Gasteiger partial charge in [-0.1, -0.05) is 26.7 Å². The fourth-order valence-electron chi connectivity index (χ4n) is 1.33. The number of hydrogen-bond acceptors (Lipinski definition) is 2. The molecule has 1 heterocycles. The Bertz CT molecular complexity index is 230. The molecule has 0 aliphatic heterocycles. The topological polar surface area (TPSA) is 41.6 Å². The summed E-state index contributed by atoms with van der Waals surface area (Å²) >= 11 is 0. The van der Waals surface area contributed by atoms with Gasteiger partial charge in [0.15, 0.2) is 5.82 Å². The Hall–Kier alpha value is -0.860. The van der Waals surface area contributed by atoms with Gasteiger partial charge in [-0.15, -0.1) is 0 Å². The number of aryl methyl sites for hydroxylation is 2. The number of rotatable bonds is 6. The number of nitrogens with zero attached hydrogens (tertiary/aromatic N) is 2. The number of hydrogen-bond donors (Lipinski definition) is 1. The molecular formula is C10H19N3. The lowest BCUT2D eigenvalue weighted by Crippen LogP contribution is -1.89. The lowest BCUT2D eigenvalue weighted by molar-refractivity contribution is 0.695. The highest BCUT2D eigenvalue weighted by molar-refractivity contribution is 4.90. The SMILES string of the molecule is CCCCCc1n[nH]c(CCC)n1. The van der Waals surface area contributed by atoms with E-state index in [1.165, 1.54) is 19.3 Å². The summed E-state index contributed by atoms with van der Waals surface area (Å²) in [5.74, 6) is 2.02. The van der Waals surface area contributed by atoms with Crippen LogP contribution in [0.15, 0.2) is 0 Å². The summed E-state index contributed by atoms with van der Waals surface area (Å²) in [6, 6.07) is 0. The van der Waals surface area contributed by atoms with Crippen LogP contribution in [0.2, 0.25) is 0 Å². The van der Waals surface area contributed by atoms with Crippen LogP contribution in [-0.4, -0.2) is 15.2 Å². The number of H-pyrrole nitrogens is 1. The molecule has 13 heavy (non-hydrogen) atoms. The van der Waals surface area contributed by atoms with Crippen molar-refractivity contribution in [2.24, 2.45) is 0 Å². The summed E-state index contributed by atoms with van der Waals surface area (Å²) in [7, 11) is 0. The summed E-state index contributed by atoms with van der Waals surface area (Å²) in [5.41, 5.74) is 0. The fourth-order valence-corrected chi connectivity index (χ4v) is 1.33. The number of aromatic amines is 1. The first-order chi connectivity index (χ1) is 6.36. The smallest absolute Gasteiger partial charge is 0.150 e. The lowest BCUT2D eigenvalue weighted by atomic mass is 10.2. The van der Waals surface area contributed by atoms with Gasteiger partial charge in [-0.25, -0.2) is 4.98 Å². The van der Waals surface area contributed by atoms with Crippen LogP contribution in [0.3, 0.4) is 0 Å². The van der Waals surface area contributed by atoms with Crippen molar-refractivity contribution in [2.45, 2.75) is 52.4 Å². The Labute approximate surface area is 80.0 Å². The van der Waals surface area contributed by atoms with Crippen molar-refractivity contribution in [1.82, 2.24) is 15.2 Å². The van der Waals surface area contributed by atoms with Crippen molar-refractivity contribution in [1.29, 1.82) is 0 Å². The molecule has 0 fully saturated rings. The normalized spacial score (nSPS) is 10.6. The Morgan fingerprint density at radius 3 is 2.62 bits per heavy atom. The largest absolute Gasteiger partial charge is 0.263 e. The molecule has 0 bridgehead atoms. The van der Waals surface area contributed by atoms with Crippen molar-refractivity contribution in [2.75, 3.05) is 0 Å². The first-order valence-corrected chi connectivity index (χ1v) is 5.27. The molecule has 1 N–H and O–H groups in total. The Morgan fingerprint density at radius 2 is 1.92 bits per heavy atom. The van der Waals surface area contributed by atoms with E-state index in [1.54, 1.807) is 0 Å². The summed E-state index contributed by atoms with van der Waals surface area (Å²) in [4.78, 5) is 4.41. The first kappa shape index (κ1) is 10.2. The van der Waals surface area contributed by atoms with Crippen molar-refractivity contribution in [3.05, 3.63) is 11.6 Å². The molecule has 1 rings (SSSR count). The van der Waals surface area contributed by atoms with E-state index in [1.807, 2.05) is 0 Å². The van der Waals surface area contributed by atoms with Gasteiger partial charge in [0, 0.05) is 12.8 Å². The standard InChI is InChI=1S/C10H19N3/c1-3-5-6-8-10-11-9(7-4-2)12-13-10/h3-8H2,1-2H3,(H,11,12,13). The Morgan fingerprint density at radius 1 is 1.08 bits per heavy atom. The van der Waals surface area contributed by atoms with Crippen molar-refractivity contribution >= 4 is 0 Å². The Balaban J connectivity index is 2.31. The van der Waals surface area contributed by atoms with Gasteiger partial charge in [0.05, 0.1) is 0 Å².